The van der Waals surface area contributed by atoms with Crippen LogP contribution in [0.2, 0.25) is 0 Å². The Morgan fingerprint density at radius 3 is 1.78 bits per heavy atom. The van der Waals surface area contributed by atoms with Gasteiger partial charge >= 0.3 is 0 Å². The number of aromatic nitrogens is 1. The largest absolute Gasteiger partial charge is 0.465 e. The number of nitrogens with one attached hydrogen (secondary N) is 1. The summed E-state index contributed by atoms with van der Waals surface area (Å²) in [4.78, 5) is 6.80. The van der Waals surface area contributed by atoms with Crippen molar-refractivity contribution in [2.45, 2.75) is 37.5 Å². The first-order valence-electron chi connectivity index (χ1n) is 12.3. The third-order valence-electron chi connectivity index (χ3n) is 6.99. The number of hydrogen-bond acceptors (Lipinski definition) is 4. The van der Waals surface area contributed by atoms with Gasteiger partial charge in [-0.15, -0.1) is 0 Å². The summed E-state index contributed by atoms with van der Waals surface area (Å²) in [6.45, 7) is 4.27. The average Bonchev–Trinajstić information content (AvgIpc) is 3.65. The van der Waals surface area contributed by atoms with Crippen molar-refractivity contribution in [1.82, 2.24) is 4.98 Å². The highest BCUT2D eigenvalue weighted by molar-refractivity contribution is 8.20. The highest BCUT2D eigenvalue weighted by Crippen LogP contribution is 2.65. The van der Waals surface area contributed by atoms with Crippen LogP contribution in [0.4, 0.5) is 0 Å². The van der Waals surface area contributed by atoms with Gasteiger partial charge in [-0.25, -0.2) is 0 Å². The van der Waals surface area contributed by atoms with Crippen molar-refractivity contribution < 1.29 is 4.74 Å². The molecular weight excluding hydrogens is 511 g/mol. The summed E-state index contributed by atoms with van der Waals surface area (Å²) < 4.78 is 6.54. The third kappa shape index (κ3) is 3.75. The lowest BCUT2D eigenvalue weighted by molar-refractivity contribution is 0.213. The Bertz CT molecular complexity index is 1430. The van der Waals surface area contributed by atoms with Gasteiger partial charge in [-0.2, -0.15) is 0 Å². The van der Waals surface area contributed by atoms with E-state index in [-0.39, 0.29) is 4.08 Å². The molecule has 2 nitrogen and oxygen atoms in total. The normalized spacial score (nSPS) is 19.3. The van der Waals surface area contributed by atoms with Gasteiger partial charge < -0.3 is 9.72 Å². The van der Waals surface area contributed by atoms with Crippen LogP contribution in [0.3, 0.4) is 0 Å². The smallest absolute Gasteiger partial charge is 0.225 e. The summed E-state index contributed by atoms with van der Waals surface area (Å²) in [6.07, 6.45) is 2.18. The van der Waals surface area contributed by atoms with Crippen LogP contribution in [0.1, 0.15) is 33.5 Å². The monoisotopic (exact) mass is 535 g/mol. The maximum absolute atomic E-state index is 6.82. The van der Waals surface area contributed by atoms with E-state index in [4.69, 9.17) is 4.74 Å². The molecule has 0 spiro atoms. The lowest BCUT2D eigenvalue weighted by Crippen LogP contribution is -2.28. The minimum atomic E-state index is -0.676. The zero-order valence-corrected chi connectivity index (χ0v) is 23.0. The fourth-order valence-electron chi connectivity index (χ4n) is 5.00. The van der Waals surface area contributed by atoms with Gasteiger partial charge in [-0.05, 0) is 49.7 Å². The second kappa shape index (κ2) is 8.80. The summed E-state index contributed by atoms with van der Waals surface area (Å²) in [5, 5.41) is 0. The topological polar surface area (TPSA) is 25.0 Å². The lowest BCUT2D eigenvalue weighted by atomic mass is 10.0. The van der Waals surface area contributed by atoms with Gasteiger partial charge in [0.15, 0.2) is 0 Å². The quantitative estimate of drug-likeness (QED) is 0.248. The van der Waals surface area contributed by atoms with Crippen molar-refractivity contribution in [3.63, 3.8) is 0 Å². The van der Waals surface area contributed by atoms with Gasteiger partial charge in [0.25, 0.3) is 0 Å². The first-order valence-corrected chi connectivity index (χ1v) is 14.8. The molecule has 0 fully saturated rings. The van der Waals surface area contributed by atoms with Crippen molar-refractivity contribution in [3.8, 4) is 5.75 Å². The molecule has 7 rings (SSSR count). The number of aryl methyl sites for hydroxylation is 2. The van der Waals surface area contributed by atoms with Gasteiger partial charge in [-0.1, -0.05) is 119 Å². The maximum Gasteiger partial charge on any atom is 0.225 e. The molecule has 0 radical (unpaired) electrons. The summed E-state index contributed by atoms with van der Waals surface area (Å²) in [7, 11) is 0. The van der Waals surface area contributed by atoms with Gasteiger partial charge in [-0.3, -0.25) is 0 Å². The molecular formula is C32H25NOS3. The van der Waals surface area contributed by atoms with E-state index in [2.05, 4.69) is 122 Å². The Kier molecular flexibility index (Phi) is 5.50. The van der Waals surface area contributed by atoms with E-state index in [1.165, 1.54) is 32.0 Å². The summed E-state index contributed by atoms with van der Waals surface area (Å²) >= 11 is 5.63. The van der Waals surface area contributed by atoms with E-state index >= 15 is 0 Å². The molecule has 5 aromatic rings. The molecule has 0 saturated heterocycles. The van der Waals surface area contributed by atoms with Crippen LogP contribution >= 0.6 is 35.3 Å². The van der Waals surface area contributed by atoms with Crippen LogP contribution in [-0.2, 0) is 9.01 Å². The van der Waals surface area contributed by atoms with E-state index in [0.29, 0.717) is 0 Å². The van der Waals surface area contributed by atoms with E-state index in [9.17, 15) is 0 Å². The number of H-pyrrole nitrogens is 1. The van der Waals surface area contributed by atoms with E-state index in [1.54, 1.807) is 11.8 Å². The molecule has 5 heteroatoms. The number of rotatable bonds is 4. The molecule has 0 amide bonds. The lowest BCUT2D eigenvalue weighted by Gasteiger charge is -2.29. The van der Waals surface area contributed by atoms with Crippen molar-refractivity contribution in [3.05, 3.63) is 143 Å². The van der Waals surface area contributed by atoms with Crippen LogP contribution in [0.25, 0.3) is 0 Å². The summed E-state index contributed by atoms with van der Waals surface area (Å²) in [5.74, 6) is 0.925. The molecule has 182 valence electrons. The van der Waals surface area contributed by atoms with Crippen LogP contribution < -0.4 is 4.74 Å². The first kappa shape index (κ1) is 23.2. The Hall–Kier alpha value is -2.99. The predicted octanol–water partition coefficient (Wildman–Crippen LogP) is 9.12. The van der Waals surface area contributed by atoms with Crippen LogP contribution in [0, 0.1) is 13.8 Å². The number of ether oxygens (including phenoxy) is 1. The van der Waals surface area contributed by atoms with E-state index in [1.807, 2.05) is 29.6 Å². The molecule has 1 unspecified atom stereocenters. The first-order chi connectivity index (χ1) is 18.1. The second-order valence-electron chi connectivity index (χ2n) is 9.57. The van der Waals surface area contributed by atoms with Crippen LogP contribution in [0.15, 0.2) is 124 Å². The fourth-order valence-corrected chi connectivity index (χ4v) is 9.47. The average molecular weight is 536 g/mol. The number of benzene rings is 4. The third-order valence-corrected chi connectivity index (χ3v) is 11.7. The van der Waals surface area contributed by atoms with Gasteiger partial charge in [0, 0.05) is 27.1 Å². The molecule has 3 heterocycles. The highest BCUT2D eigenvalue weighted by atomic mass is 32.2. The Labute approximate surface area is 230 Å². The highest BCUT2D eigenvalue weighted by Gasteiger charge is 2.48. The number of hydrogen-bond donors (Lipinski definition) is 1. The number of aromatic amines is 1. The van der Waals surface area contributed by atoms with E-state index < -0.39 is 4.93 Å². The maximum atomic E-state index is 6.82. The minimum Gasteiger partial charge on any atom is -0.465 e. The summed E-state index contributed by atoms with van der Waals surface area (Å²) in [5.41, 5.74) is 7.22. The van der Waals surface area contributed by atoms with E-state index in [0.717, 1.165) is 21.9 Å². The Morgan fingerprint density at radius 1 is 0.595 bits per heavy atom. The molecule has 0 saturated carbocycles. The Morgan fingerprint density at radius 2 is 1.16 bits per heavy atom. The molecule has 37 heavy (non-hydrogen) atoms. The molecule has 0 aliphatic carbocycles. The Balaban J connectivity index is 1.38. The minimum absolute atomic E-state index is 0.281. The van der Waals surface area contributed by atoms with Gasteiger partial charge in [0.05, 0.1) is 10.6 Å². The molecule has 0 bridgehead atoms. The van der Waals surface area contributed by atoms with Crippen molar-refractivity contribution >= 4 is 35.3 Å². The van der Waals surface area contributed by atoms with Crippen molar-refractivity contribution in [2.75, 3.05) is 0 Å². The fraction of sp³-hybridized carbons (Fsp3) is 0.125. The molecule has 4 aromatic carbocycles. The molecule has 2 aliphatic heterocycles. The number of fused-ring (bicyclic) bond motifs is 2. The zero-order valence-electron chi connectivity index (χ0n) is 20.5. The molecule has 1 aromatic heterocycles. The number of para-hydroxylation sites is 1. The SMILES string of the molecule is Cc1ccc(C2(c3cc(C4(c5ccc(C)cc5)Sc5ccccc5S4)c[nH]3)Oc3ccccc3S2)cc1. The van der Waals surface area contributed by atoms with Gasteiger partial charge in [0.1, 0.15) is 9.83 Å². The zero-order chi connectivity index (χ0) is 25.0. The predicted molar refractivity (Wildman–Crippen MR) is 156 cm³/mol. The van der Waals surface area contributed by atoms with Crippen LogP contribution in [0.5, 0.6) is 5.75 Å². The van der Waals surface area contributed by atoms with Crippen LogP contribution in [-0.4, -0.2) is 4.98 Å². The van der Waals surface area contributed by atoms with Gasteiger partial charge in [0.2, 0.25) is 4.93 Å². The molecule has 1 atom stereocenters. The van der Waals surface area contributed by atoms with Crippen molar-refractivity contribution in [1.29, 1.82) is 0 Å². The second-order valence-corrected chi connectivity index (χ2v) is 13.6. The van der Waals surface area contributed by atoms with Crippen molar-refractivity contribution in [2.24, 2.45) is 0 Å². The summed E-state index contributed by atoms with van der Waals surface area (Å²) in [6, 6.07) is 37.1. The standard InChI is InChI=1S/C32H25NOS3/c1-21-11-15-23(16-12-21)31(34-26-7-3-4-8-27(26)35-31)30-19-25(20-33-30)32(24-17-13-22(2)14-18-24)36-28-9-5-6-10-29(28)37-32/h3-20,33H,1-2H3. The molecule has 2 aliphatic rings. The number of thioether (sulfide) groups is 3. The molecule has 1 N–H and O–H groups in total.